The lowest BCUT2D eigenvalue weighted by molar-refractivity contribution is -0.105. The molecule has 0 N–H and O–H groups in total. The summed E-state index contributed by atoms with van der Waals surface area (Å²) in [4.78, 5) is 10.7. The van der Waals surface area contributed by atoms with Gasteiger partial charge in [-0.2, -0.15) is 0 Å². The third-order valence-electron chi connectivity index (χ3n) is 2.68. The molecular formula is C13H20O. The minimum Gasteiger partial charge on any atom is -0.298 e. The molecule has 0 saturated carbocycles. The van der Waals surface area contributed by atoms with Crippen LogP contribution in [0.1, 0.15) is 51.4 Å². The molecule has 0 amide bonds. The van der Waals surface area contributed by atoms with E-state index in [-0.39, 0.29) is 0 Å². The van der Waals surface area contributed by atoms with Gasteiger partial charge in [0.15, 0.2) is 0 Å². The molecule has 0 saturated heterocycles. The number of hydrogen-bond donors (Lipinski definition) is 0. The molecule has 0 fully saturated rings. The number of carbonyl (C=O) groups is 1. The zero-order chi connectivity index (χ0) is 10.1. The van der Waals surface area contributed by atoms with Crippen LogP contribution < -0.4 is 0 Å². The summed E-state index contributed by atoms with van der Waals surface area (Å²) >= 11 is 0. The Kier molecular flexibility index (Phi) is 6.05. The summed E-state index contributed by atoms with van der Waals surface area (Å²) in [6.07, 6.45) is 17.0. The molecule has 0 bridgehead atoms. The van der Waals surface area contributed by atoms with Gasteiger partial charge in [0.05, 0.1) is 0 Å². The van der Waals surface area contributed by atoms with Crippen molar-refractivity contribution < 1.29 is 4.79 Å². The standard InChI is InChI=1S/C13H20O/c14-12-13-10-8-6-4-2-1-3-5-7-9-11-13/h6,8,10,12H,1-5,7,9,11H2/b8-6-,13-10+. The zero-order valence-electron chi connectivity index (χ0n) is 8.87. The predicted octanol–water partition coefficient (Wildman–Crippen LogP) is 3.80. The molecule has 0 aromatic carbocycles. The molecule has 1 aliphatic carbocycles. The topological polar surface area (TPSA) is 17.1 Å². The highest BCUT2D eigenvalue weighted by atomic mass is 16.1. The number of allylic oxidation sites excluding steroid dienone is 4. The highest BCUT2D eigenvalue weighted by Gasteiger charge is 1.96. The van der Waals surface area contributed by atoms with E-state index < -0.39 is 0 Å². The Morgan fingerprint density at radius 2 is 1.71 bits per heavy atom. The van der Waals surface area contributed by atoms with Crippen LogP contribution in [0.15, 0.2) is 23.8 Å². The largest absolute Gasteiger partial charge is 0.298 e. The van der Waals surface area contributed by atoms with Crippen molar-refractivity contribution in [3.05, 3.63) is 23.8 Å². The maximum atomic E-state index is 10.7. The minimum absolute atomic E-state index is 0.946. The molecule has 1 aliphatic rings. The van der Waals surface area contributed by atoms with E-state index in [1.165, 1.54) is 38.5 Å². The lowest BCUT2D eigenvalue weighted by Crippen LogP contribution is -1.87. The Balaban J connectivity index is 2.44. The average molecular weight is 192 g/mol. The third kappa shape index (κ3) is 5.00. The Morgan fingerprint density at radius 1 is 1.00 bits per heavy atom. The molecule has 14 heavy (non-hydrogen) atoms. The van der Waals surface area contributed by atoms with Crippen LogP contribution in [0.5, 0.6) is 0 Å². The van der Waals surface area contributed by atoms with Crippen molar-refractivity contribution >= 4 is 6.29 Å². The monoisotopic (exact) mass is 192 g/mol. The minimum atomic E-state index is 0.946. The highest BCUT2D eigenvalue weighted by molar-refractivity contribution is 5.73. The van der Waals surface area contributed by atoms with Gasteiger partial charge in [0, 0.05) is 0 Å². The fraction of sp³-hybridized carbons (Fsp3) is 0.615. The van der Waals surface area contributed by atoms with Crippen molar-refractivity contribution in [2.75, 3.05) is 0 Å². The summed E-state index contributed by atoms with van der Waals surface area (Å²) in [6, 6.07) is 0. The van der Waals surface area contributed by atoms with Gasteiger partial charge in [0.2, 0.25) is 0 Å². The molecule has 0 unspecified atom stereocenters. The van der Waals surface area contributed by atoms with Crippen molar-refractivity contribution in [1.82, 2.24) is 0 Å². The first-order valence-electron chi connectivity index (χ1n) is 5.74. The van der Waals surface area contributed by atoms with E-state index >= 15 is 0 Å². The van der Waals surface area contributed by atoms with Gasteiger partial charge in [-0.05, 0) is 31.3 Å². The molecule has 0 aromatic rings. The van der Waals surface area contributed by atoms with Crippen LogP contribution in [0.2, 0.25) is 0 Å². The average Bonchev–Trinajstić information content (AvgIpc) is 2.19. The maximum Gasteiger partial charge on any atom is 0.146 e. The Hall–Kier alpha value is -0.850. The van der Waals surface area contributed by atoms with Crippen LogP contribution in [0.25, 0.3) is 0 Å². The molecule has 1 nitrogen and oxygen atoms in total. The smallest absolute Gasteiger partial charge is 0.146 e. The Labute approximate surface area is 86.9 Å². The van der Waals surface area contributed by atoms with Gasteiger partial charge in [0.25, 0.3) is 0 Å². The second-order valence-electron chi connectivity index (χ2n) is 3.95. The fourth-order valence-electron chi connectivity index (χ4n) is 1.77. The van der Waals surface area contributed by atoms with Gasteiger partial charge in [0.1, 0.15) is 6.29 Å². The molecule has 1 heteroatoms. The van der Waals surface area contributed by atoms with E-state index in [9.17, 15) is 4.79 Å². The van der Waals surface area contributed by atoms with Crippen LogP contribution in [0.4, 0.5) is 0 Å². The van der Waals surface area contributed by atoms with Crippen molar-refractivity contribution in [1.29, 1.82) is 0 Å². The fourth-order valence-corrected chi connectivity index (χ4v) is 1.77. The molecule has 1 rings (SSSR count). The molecule has 0 aromatic heterocycles. The van der Waals surface area contributed by atoms with Gasteiger partial charge in [-0.15, -0.1) is 0 Å². The highest BCUT2D eigenvalue weighted by Crippen LogP contribution is 2.13. The van der Waals surface area contributed by atoms with Crippen LogP contribution in [-0.2, 0) is 4.79 Å². The van der Waals surface area contributed by atoms with Crippen molar-refractivity contribution in [3.63, 3.8) is 0 Å². The predicted molar refractivity (Wildman–Crippen MR) is 60.2 cm³/mol. The summed E-state index contributed by atoms with van der Waals surface area (Å²) in [5.41, 5.74) is 0.946. The SMILES string of the molecule is O=C/C1=C/C=C\CCCCCCCC1. The normalized spacial score (nSPS) is 26.4. The van der Waals surface area contributed by atoms with Gasteiger partial charge in [-0.3, -0.25) is 4.79 Å². The molecular weight excluding hydrogens is 172 g/mol. The lowest BCUT2D eigenvalue weighted by atomic mass is 10.0. The van der Waals surface area contributed by atoms with Crippen LogP contribution in [-0.4, -0.2) is 6.29 Å². The van der Waals surface area contributed by atoms with E-state index in [1.54, 1.807) is 0 Å². The van der Waals surface area contributed by atoms with E-state index in [2.05, 4.69) is 6.08 Å². The first-order valence-corrected chi connectivity index (χ1v) is 5.74. The molecule has 0 atom stereocenters. The number of carbonyl (C=O) groups excluding carboxylic acids is 1. The Morgan fingerprint density at radius 3 is 2.50 bits per heavy atom. The van der Waals surface area contributed by atoms with Gasteiger partial charge >= 0.3 is 0 Å². The number of aldehydes is 1. The summed E-state index contributed by atoms with van der Waals surface area (Å²) in [5, 5.41) is 0. The van der Waals surface area contributed by atoms with Crippen molar-refractivity contribution in [2.24, 2.45) is 0 Å². The zero-order valence-corrected chi connectivity index (χ0v) is 8.87. The summed E-state index contributed by atoms with van der Waals surface area (Å²) in [6.45, 7) is 0. The molecule has 0 heterocycles. The molecule has 0 radical (unpaired) electrons. The number of rotatable bonds is 1. The Bertz CT molecular complexity index is 213. The van der Waals surface area contributed by atoms with Crippen molar-refractivity contribution in [3.8, 4) is 0 Å². The van der Waals surface area contributed by atoms with E-state index in [4.69, 9.17) is 0 Å². The van der Waals surface area contributed by atoms with Crippen LogP contribution >= 0.6 is 0 Å². The lowest BCUT2D eigenvalue weighted by Gasteiger charge is -2.02. The van der Waals surface area contributed by atoms with E-state index in [1.807, 2.05) is 12.2 Å². The van der Waals surface area contributed by atoms with E-state index in [0.717, 1.165) is 24.7 Å². The van der Waals surface area contributed by atoms with Gasteiger partial charge in [-0.1, -0.05) is 43.9 Å². The second kappa shape index (κ2) is 7.54. The van der Waals surface area contributed by atoms with Gasteiger partial charge < -0.3 is 0 Å². The molecule has 0 spiro atoms. The summed E-state index contributed by atoms with van der Waals surface area (Å²) in [5.74, 6) is 0. The van der Waals surface area contributed by atoms with Gasteiger partial charge in [-0.25, -0.2) is 0 Å². The first-order chi connectivity index (χ1) is 6.93. The number of hydrogen-bond acceptors (Lipinski definition) is 1. The molecule has 78 valence electrons. The molecule has 0 aliphatic heterocycles. The first kappa shape index (κ1) is 11.2. The second-order valence-corrected chi connectivity index (χ2v) is 3.95. The van der Waals surface area contributed by atoms with Crippen LogP contribution in [0, 0.1) is 0 Å². The summed E-state index contributed by atoms with van der Waals surface area (Å²) < 4.78 is 0. The van der Waals surface area contributed by atoms with E-state index in [0.29, 0.717) is 0 Å². The third-order valence-corrected chi connectivity index (χ3v) is 2.68. The van der Waals surface area contributed by atoms with Crippen LogP contribution in [0.3, 0.4) is 0 Å². The summed E-state index contributed by atoms with van der Waals surface area (Å²) in [7, 11) is 0. The quantitative estimate of drug-likeness (QED) is 0.577. The van der Waals surface area contributed by atoms with Crippen molar-refractivity contribution in [2.45, 2.75) is 51.4 Å². The maximum absolute atomic E-state index is 10.7.